The van der Waals surface area contributed by atoms with E-state index in [0.717, 1.165) is 12.8 Å². The average Bonchev–Trinajstić information content (AvgIpc) is 2.88. The first kappa shape index (κ1) is 15.8. The average molecular weight is 318 g/mol. The number of carbonyl (C=O) groups excluding carboxylic acids is 1. The normalized spacial score (nSPS) is 19.0. The zero-order valence-electron chi connectivity index (χ0n) is 11.5. The maximum absolute atomic E-state index is 13.4. The molecule has 1 atom stereocenters. The minimum absolute atomic E-state index is 0.331. The molecule has 116 valence electrons. The summed E-state index contributed by atoms with van der Waals surface area (Å²) in [5, 5.41) is 4.98. The van der Waals surface area contributed by atoms with E-state index in [1.807, 2.05) is 6.92 Å². The van der Waals surface area contributed by atoms with Crippen molar-refractivity contribution < 1.29 is 22.0 Å². The molecule has 21 heavy (non-hydrogen) atoms. The summed E-state index contributed by atoms with van der Waals surface area (Å²) in [6.45, 7) is 2.92. The summed E-state index contributed by atoms with van der Waals surface area (Å²) in [5.41, 5.74) is -0.423. The highest BCUT2D eigenvalue weighted by Gasteiger charge is 2.30. The molecule has 1 saturated heterocycles. The fraction of sp³-hybridized carbons (Fsp3) is 0.462. The number of nitrogens with zero attached hydrogens (tertiary/aromatic N) is 1. The Morgan fingerprint density at radius 3 is 2.52 bits per heavy atom. The lowest BCUT2D eigenvalue weighted by Gasteiger charge is -2.18. The first-order valence-electron chi connectivity index (χ1n) is 6.55. The van der Waals surface area contributed by atoms with Crippen LogP contribution in [0.2, 0.25) is 0 Å². The summed E-state index contributed by atoms with van der Waals surface area (Å²) in [7, 11) is -4.32. The van der Waals surface area contributed by atoms with Gasteiger partial charge in [-0.25, -0.2) is 22.3 Å². The van der Waals surface area contributed by atoms with Crippen molar-refractivity contribution >= 4 is 15.9 Å². The van der Waals surface area contributed by atoms with Crippen LogP contribution in [0.5, 0.6) is 0 Å². The van der Waals surface area contributed by atoms with E-state index >= 15 is 0 Å². The van der Waals surface area contributed by atoms with E-state index < -0.39 is 38.0 Å². The topological polar surface area (TPSA) is 80.5 Å². The van der Waals surface area contributed by atoms with Gasteiger partial charge in [-0.15, -0.1) is 0 Å². The van der Waals surface area contributed by atoms with Crippen molar-refractivity contribution in [3.05, 3.63) is 29.3 Å². The van der Waals surface area contributed by atoms with Gasteiger partial charge in [0.15, 0.2) is 11.6 Å². The van der Waals surface area contributed by atoms with Crippen molar-refractivity contribution in [3.8, 4) is 0 Å². The number of sulfonamides is 1. The summed E-state index contributed by atoms with van der Waals surface area (Å²) in [5.74, 6) is -2.95. The van der Waals surface area contributed by atoms with E-state index in [2.05, 4.69) is 0 Å². The molecule has 0 bridgehead atoms. The Morgan fingerprint density at radius 1 is 1.38 bits per heavy atom. The fourth-order valence-corrected chi connectivity index (χ4v) is 3.17. The zero-order valence-corrected chi connectivity index (χ0v) is 12.3. The number of primary sulfonamides is 1. The highest BCUT2D eigenvalue weighted by atomic mass is 32.2. The molecule has 0 aromatic heterocycles. The van der Waals surface area contributed by atoms with E-state index in [1.54, 1.807) is 0 Å². The molecule has 0 spiro atoms. The van der Waals surface area contributed by atoms with Crippen molar-refractivity contribution in [2.24, 2.45) is 11.1 Å². The maximum atomic E-state index is 13.4. The molecule has 1 aliphatic heterocycles. The molecule has 2 rings (SSSR count). The van der Waals surface area contributed by atoms with Crippen LogP contribution in [-0.4, -0.2) is 32.3 Å². The molecule has 0 aliphatic carbocycles. The Morgan fingerprint density at radius 2 is 2.00 bits per heavy atom. The Bertz CT molecular complexity index is 676. The first-order chi connectivity index (χ1) is 9.74. The minimum atomic E-state index is -4.32. The largest absolute Gasteiger partial charge is 0.338 e. The summed E-state index contributed by atoms with van der Waals surface area (Å²) in [4.78, 5) is 13.1. The van der Waals surface area contributed by atoms with Crippen LogP contribution in [-0.2, 0) is 10.0 Å². The van der Waals surface area contributed by atoms with Crippen molar-refractivity contribution in [2.45, 2.75) is 24.7 Å². The van der Waals surface area contributed by atoms with Gasteiger partial charge in [0.1, 0.15) is 0 Å². The third-order valence-corrected chi connectivity index (χ3v) is 4.66. The molecule has 1 aromatic rings. The molecule has 1 amide bonds. The number of nitrogens with two attached hydrogens (primary N) is 1. The number of benzene rings is 1. The van der Waals surface area contributed by atoms with Crippen LogP contribution in [0.3, 0.4) is 0 Å². The smallest absolute Gasteiger partial charge is 0.255 e. The lowest BCUT2D eigenvalue weighted by Crippen LogP contribution is -2.31. The maximum Gasteiger partial charge on any atom is 0.255 e. The lowest BCUT2D eigenvalue weighted by molar-refractivity contribution is 0.0782. The second kappa shape index (κ2) is 5.69. The van der Waals surface area contributed by atoms with Crippen molar-refractivity contribution in [1.82, 2.24) is 4.90 Å². The molecule has 1 heterocycles. The first-order valence-corrected chi connectivity index (χ1v) is 8.09. The Kier molecular flexibility index (Phi) is 4.29. The Hall–Kier alpha value is -1.54. The van der Waals surface area contributed by atoms with E-state index in [9.17, 15) is 22.0 Å². The Balaban J connectivity index is 2.43. The van der Waals surface area contributed by atoms with Gasteiger partial charge < -0.3 is 4.90 Å². The van der Waals surface area contributed by atoms with E-state index in [0.29, 0.717) is 31.1 Å². The highest BCUT2D eigenvalue weighted by Crippen LogP contribution is 2.25. The van der Waals surface area contributed by atoms with Gasteiger partial charge in [0.25, 0.3) is 5.91 Å². The summed E-state index contributed by atoms with van der Waals surface area (Å²) >= 11 is 0. The molecular weight excluding hydrogens is 302 g/mol. The van der Waals surface area contributed by atoms with Crippen LogP contribution in [0.15, 0.2) is 17.0 Å². The molecular formula is C13H16F2N2O3S. The number of rotatable bonds is 3. The number of carbonyl (C=O) groups is 1. The number of amides is 1. The lowest BCUT2D eigenvalue weighted by atomic mass is 10.1. The second-order valence-electron chi connectivity index (χ2n) is 5.12. The van der Waals surface area contributed by atoms with Gasteiger partial charge in [0, 0.05) is 13.1 Å². The number of halogens is 2. The van der Waals surface area contributed by atoms with Crippen LogP contribution in [0, 0.1) is 17.6 Å². The molecule has 1 aromatic carbocycles. The van der Waals surface area contributed by atoms with Gasteiger partial charge in [0.2, 0.25) is 10.0 Å². The van der Waals surface area contributed by atoms with Crippen LogP contribution in [0.25, 0.3) is 0 Å². The molecule has 1 fully saturated rings. The van der Waals surface area contributed by atoms with Gasteiger partial charge in [-0.05, 0) is 24.5 Å². The number of likely N-dealkylation sites (tertiary alicyclic amines) is 1. The SMILES string of the molecule is CCC1CCN(C(=O)c2cc(F)c(F)cc2S(N)(=O)=O)C1. The minimum Gasteiger partial charge on any atom is -0.338 e. The predicted molar refractivity (Wildman–Crippen MR) is 72.0 cm³/mol. The molecule has 2 N–H and O–H groups in total. The molecule has 8 heteroatoms. The third-order valence-electron chi connectivity index (χ3n) is 3.71. The van der Waals surface area contributed by atoms with Gasteiger partial charge >= 0.3 is 0 Å². The highest BCUT2D eigenvalue weighted by molar-refractivity contribution is 7.89. The molecule has 0 saturated carbocycles. The molecule has 1 aliphatic rings. The van der Waals surface area contributed by atoms with Crippen molar-refractivity contribution in [1.29, 1.82) is 0 Å². The van der Waals surface area contributed by atoms with Crippen LogP contribution < -0.4 is 5.14 Å². The van der Waals surface area contributed by atoms with Gasteiger partial charge in [0.05, 0.1) is 10.5 Å². The summed E-state index contributed by atoms with van der Waals surface area (Å²) < 4.78 is 49.5. The standard InChI is InChI=1S/C13H16F2N2O3S/c1-2-8-3-4-17(7-8)13(18)9-5-10(14)11(15)6-12(9)21(16,19)20/h5-6,8H,2-4,7H2,1H3,(H2,16,19,20). The Labute approximate surface area is 121 Å². The van der Waals surface area contributed by atoms with E-state index in [4.69, 9.17) is 5.14 Å². The summed E-state index contributed by atoms with van der Waals surface area (Å²) in [6.07, 6.45) is 1.69. The number of hydrogen-bond acceptors (Lipinski definition) is 3. The van der Waals surface area contributed by atoms with Gasteiger partial charge in [-0.1, -0.05) is 13.3 Å². The third kappa shape index (κ3) is 3.21. The predicted octanol–water partition coefficient (Wildman–Crippen LogP) is 1.48. The monoisotopic (exact) mass is 318 g/mol. The zero-order chi connectivity index (χ0) is 15.8. The van der Waals surface area contributed by atoms with Gasteiger partial charge in [-0.2, -0.15) is 0 Å². The molecule has 5 nitrogen and oxygen atoms in total. The van der Waals surface area contributed by atoms with Crippen molar-refractivity contribution in [3.63, 3.8) is 0 Å². The van der Waals surface area contributed by atoms with Crippen LogP contribution in [0.4, 0.5) is 8.78 Å². The summed E-state index contributed by atoms with van der Waals surface area (Å²) in [6, 6.07) is 1.04. The molecule has 1 unspecified atom stereocenters. The fourth-order valence-electron chi connectivity index (χ4n) is 2.45. The quantitative estimate of drug-likeness (QED) is 0.917. The molecule has 0 radical (unpaired) electrons. The van der Waals surface area contributed by atoms with E-state index in [-0.39, 0.29) is 0 Å². The van der Waals surface area contributed by atoms with Crippen LogP contribution >= 0.6 is 0 Å². The number of hydrogen-bond donors (Lipinski definition) is 1. The van der Waals surface area contributed by atoms with E-state index in [1.165, 1.54) is 4.90 Å². The van der Waals surface area contributed by atoms with Crippen LogP contribution in [0.1, 0.15) is 30.1 Å². The second-order valence-corrected chi connectivity index (χ2v) is 6.65. The van der Waals surface area contributed by atoms with Gasteiger partial charge in [-0.3, -0.25) is 4.79 Å². The van der Waals surface area contributed by atoms with Crippen molar-refractivity contribution in [2.75, 3.05) is 13.1 Å².